The maximum absolute atomic E-state index is 11.9. The molecule has 1 amide bonds. The predicted molar refractivity (Wildman–Crippen MR) is 70.4 cm³/mol. The number of carbonyl (C=O) groups is 1. The van der Waals surface area contributed by atoms with E-state index in [1.54, 1.807) is 4.90 Å². The molecule has 92 valence electrons. The van der Waals surface area contributed by atoms with Crippen molar-refractivity contribution < 1.29 is 4.79 Å². The summed E-state index contributed by atoms with van der Waals surface area (Å²) in [6, 6.07) is 6.37. The zero-order chi connectivity index (χ0) is 12.3. The van der Waals surface area contributed by atoms with Crippen LogP contribution >= 0.6 is 0 Å². The zero-order valence-electron chi connectivity index (χ0n) is 10.6. The number of fused-ring (bicyclic) bond motifs is 1. The van der Waals surface area contributed by atoms with Gasteiger partial charge in [-0.1, -0.05) is 13.0 Å². The molecule has 1 aliphatic carbocycles. The molecule has 0 fully saturated rings. The summed E-state index contributed by atoms with van der Waals surface area (Å²) in [5.41, 5.74) is 3.86. The third-order valence-electron chi connectivity index (χ3n) is 3.37. The lowest BCUT2D eigenvalue weighted by molar-refractivity contribution is -0.117. The average molecular weight is 232 g/mol. The zero-order valence-corrected chi connectivity index (χ0v) is 10.6. The van der Waals surface area contributed by atoms with E-state index in [2.05, 4.69) is 17.4 Å². The normalized spacial score (nSPS) is 13.5. The molecule has 0 unspecified atom stereocenters. The highest BCUT2D eigenvalue weighted by atomic mass is 16.2. The number of amides is 1. The van der Waals surface area contributed by atoms with Crippen LogP contribution < -0.4 is 10.2 Å². The average Bonchev–Trinajstić information content (AvgIpc) is 2.81. The van der Waals surface area contributed by atoms with Gasteiger partial charge in [0.25, 0.3) is 0 Å². The molecule has 0 aromatic heterocycles. The summed E-state index contributed by atoms with van der Waals surface area (Å²) in [5, 5.41) is 3.06. The summed E-state index contributed by atoms with van der Waals surface area (Å²) in [6.45, 7) is 3.23. The Morgan fingerprint density at radius 1 is 1.35 bits per heavy atom. The van der Waals surface area contributed by atoms with Crippen molar-refractivity contribution in [1.29, 1.82) is 0 Å². The van der Waals surface area contributed by atoms with Crippen molar-refractivity contribution in [2.24, 2.45) is 0 Å². The maximum Gasteiger partial charge on any atom is 0.240 e. The smallest absolute Gasteiger partial charge is 0.240 e. The first kappa shape index (κ1) is 12.1. The summed E-state index contributed by atoms with van der Waals surface area (Å²) < 4.78 is 0. The minimum Gasteiger partial charge on any atom is -0.314 e. The minimum absolute atomic E-state index is 0.116. The van der Waals surface area contributed by atoms with E-state index in [0.717, 1.165) is 18.7 Å². The standard InChI is InChI=1S/C14H20N2O/c1-3-15-10-14(17)16(2)13-8-7-11-5-4-6-12(11)9-13/h7-9,15H,3-6,10H2,1-2H3. The van der Waals surface area contributed by atoms with Crippen molar-refractivity contribution in [2.75, 3.05) is 25.0 Å². The van der Waals surface area contributed by atoms with Crippen LogP contribution in [0.3, 0.4) is 0 Å². The molecule has 0 saturated carbocycles. The van der Waals surface area contributed by atoms with Gasteiger partial charge in [0.05, 0.1) is 6.54 Å². The number of anilines is 1. The molecule has 0 bridgehead atoms. The first-order chi connectivity index (χ1) is 8.22. The number of hydrogen-bond donors (Lipinski definition) is 1. The Hall–Kier alpha value is -1.35. The van der Waals surface area contributed by atoms with Crippen LogP contribution in [0.5, 0.6) is 0 Å². The topological polar surface area (TPSA) is 32.3 Å². The molecular formula is C14H20N2O. The first-order valence-corrected chi connectivity index (χ1v) is 6.31. The van der Waals surface area contributed by atoms with Crippen LogP contribution in [0.25, 0.3) is 0 Å². The van der Waals surface area contributed by atoms with Crippen LogP contribution in [0.2, 0.25) is 0 Å². The lowest BCUT2D eigenvalue weighted by atomic mass is 10.1. The van der Waals surface area contributed by atoms with Gasteiger partial charge in [-0.2, -0.15) is 0 Å². The second-order valence-corrected chi connectivity index (χ2v) is 4.54. The van der Waals surface area contributed by atoms with Gasteiger partial charge in [-0.05, 0) is 49.1 Å². The number of nitrogens with one attached hydrogen (secondary N) is 1. The Bertz CT molecular complexity index is 415. The number of carbonyl (C=O) groups excluding carboxylic acids is 1. The van der Waals surface area contributed by atoms with Crippen molar-refractivity contribution in [3.05, 3.63) is 29.3 Å². The Morgan fingerprint density at radius 3 is 2.88 bits per heavy atom. The van der Waals surface area contributed by atoms with E-state index in [0.29, 0.717) is 6.54 Å². The molecule has 17 heavy (non-hydrogen) atoms. The van der Waals surface area contributed by atoms with Gasteiger partial charge in [-0.15, -0.1) is 0 Å². The molecule has 0 aliphatic heterocycles. The second kappa shape index (κ2) is 5.32. The first-order valence-electron chi connectivity index (χ1n) is 6.31. The van der Waals surface area contributed by atoms with Gasteiger partial charge in [0.2, 0.25) is 5.91 Å². The van der Waals surface area contributed by atoms with Crippen molar-refractivity contribution >= 4 is 11.6 Å². The fraction of sp³-hybridized carbons (Fsp3) is 0.500. The third kappa shape index (κ3) is 2.67. The molecule has 3 heteroatoms. The number of likely N-dealkylation sites (N-methyl/N-ethyl adjacent to an activating group) is 2. The summed E-state index contributed by atoms with van der Waals surface area (Å²) in [6.07, 6.45) is 3.58. The largest absolute Gasteiger partial charge is 0.314 e. The monoisotopic (exact) mass is 232 g/mol. The third-order valence-corrected chi connectivity index (χ3v) is 3.37. The predicted octanol–water partition coefficient (Wildman–Crippen LogP) is 1.75. The van der Waals surface area contributed by atoms with E-state index < -0.39 is 0 Å². The van der Waals surface area contributed by atoms with Crippen molar-refractivity contribution in [3.63, 3.8) is 0 Å². The number of rotatable bonds is 4. The SMILES string of the molecule is CCNCC(=O)N(C)c1ccc2c(c1)CCC2. The van der Waals surface area contributed by atoms with E-state index in [-0.39, 0.29) is 5.91 Å². The van der Waals surface area contributed by atoms with E-state index >= 15 is 0 Å². The highest BCUT2D eigenvalue weighted by Gasteiger charge is 2.15. The molecule has 2 rings (SSSR count). The minimum atomic E-state index is 0.116. The van der Waals surface area contributed by atoms with Gasteiger partial charge in [0.1, 0.15) is 0 Å². The molecule has 0 radical (unpaired) electrons. The van der Waals surface area contributed by atoms with Gasteiger partial charge in [-0.25, -0.2) is 0 Å². The molecule has 0 saturated heterocycles. The summed E-state index contributed by atoms with van der Waals surface area (Å²) >= 11 is 0. The van der Waals surface area contributed by atoms with Crippen LogP contribution in [0, 0.1) is 0 Å². The molecule has 0 spiro atoms. The number of aryl methyl sites for hydroxylation is 2. The highest BCUT2D eigenvalue weighted by Crippen LogP contribution is 2.26. The van der Waals surface area contributed by atoms with E-state index in [1.165, 1.54) is 24.0 Å². The number of nitrogens with zero attached hydrogens (tertiary/aromatic N) is 1. The Labute approximate surface area is 103 Å². The molecule has 0 heterocycles. The molecule has 3 nitrogen and oxygen atoms in total. The number of hydrogen-bond acceptors (Lipinski definition) is 2. The van der Waals surface area contributed by atoms with E-state index in [4.69, 9.17) is 0 Å². The fourth-order valence-corrected chi connectivity index (χ4v) is 2.26. The van der Waals surface area contributed by atoms with Crippen LogP contribution in [0.15, 0.2) is 18.2 Å². The number of benzene rings is 1. The Kier molecular flexibility index (Phi) is 3.79. The fourth-order valence-electron chi connectivity index (χ4n) is 2.26. The Balaban J connectivity index is 2.09. The van der Waals surface area contributed by atoms with Crippen LogP contribution in [-0.4, -0.2) is 26.0 Å². The van der Waals surface area contributed by atoms with Crippen molar-refractivity contribution in [3.8, 4) is 0 Å². The van der Waals surface area contributed by atoms with E-state index in [9.17, 15) is 4.79 Å². The quantitative estimate of drug-likeness (QED) is 0.857. The van der Waals surface area contributed by atoms with E-state index in [1.807, 2.05) is 20.0 Å². The van der Waals surface area contributed by atoms with Gasteiger partial charge >= 0.3 is 0 Å². The van der Waals surface area contributed by atoms with Gasteiger partial charge < -0.3 is 10.2 Å². The molecule has 1 aromatic carbocycles. The highest BCUT2D eigenvalue weighted by molar-refractivity contribution is 5.94. The van der Waals surface area contributed by atoms with Crippen molar-refractivity contribution in [2.45, 2.75) is 26.2 Å². The van der Waals surface area contributed by atoms with Crippen LogP contribution in [0.4, 0.5) is 5.69 Å². The van der Waals surface area contributed by atoms with Crippen LogP contribution in [0.1, 0.15) is 24.5 Å². The second-order valence-electron chi connectivity index (χ2n) is 4.54. The molecule has 1 aliphatic rings. The van der Waals surface area contributed by atoms with Crippen LogP contribution in [-0.2, 0) is 17.6 Å². The molecule has 1 aromatic rings. The maximum atomic E-state index is 11.9. The van der Waals surface area contributed by atoms with Gasteiger partial charge in [0, 0.05) is 12.7 Å². The molecular weight excluding hydrogens is 212 g/mol. The lowest BCUT2D eigenvalue weighted by Gasteiger charge is -2.18. The summed E-state index contributed by atoms with van der Waals surface area (Å²) in [4.78, 5) is 13.6. The summed E-state index contributed by atoms with van der Waals surface area (Å²) in [5.74, 6) is 0.116. The lowest BCUT2D eigenvalue weighted by Crippen LogP contribution is -2.35. The van der Waals surface area contributed by atoms with Gasteiger partial charge in [-0.3, -0.25) is 4.79 Å². The molecule has 1 N–H and O–H groups in total. The van der Waals surface area contributed by atoms with Gasteiger partial charge in [0.15, 0.2) is 0 Å². The Morgan fingerprint density at radius 2 is 2.12 bits per heavy atom. The summed E-state index contributed by atoms with van der Waals surface area (Å²) in [7, 11) is 1.84. The van der Waals surface area contributed by atoms with Crippen molar-refractivity contribution in [1.82, 2.24) is 5.32 Å². The molecule has 0 atom stereocenters.